The van der Waals surface area contributed by atoms with Gasteiger partial charge in [0.05, 0.1) is 0 Å². The third-order valence-corrected chi connectivity index (χ3v) is 5.96. The Morgan fingerprint density at radius 1 is 1.04 bits per heavy atom. The molecule has 0 unspecified atom stereocenters. The Hall–Kier alpha value is -0.920. The molecule has 0 saturated carbocycles. The van der Waals surface area contributed by atoms with Gasteiger partial charge in [0.15, 0.2) is 0 Å². The van der Waals surface area contributed by atoms with Crippen LogP contribution in [0.3, 0.4) is 0 Å². The van der Waals surface area contributed by atoms with E-state index in [2.05, 4.69) is 10.2 Å². The Kier molecular flexibility index (Phi) is 8.96. The van der Waals surface area contributed by atoms with Gasteiger partial charge < -0.3 is 5.32 Å². The van der Waals surface area contributed by atoms with Crippen molar-refractivity contribution >= 4 is 35.8 Å². The first-order valence-corrected chi connectivity index (χ1v) is 10.2. The van der Waals surface area contributed by atoms with E-state index in [9.17, 15) is 13.2 Å². The number of nitrogens with one attached hydrogen (secondary N) is 1. The fourth-order valence-corrected chi connectivity index (χ4v) is 4.43. The van der Waals surface area contributed by atoms with Gasteiger partial charge >= 0.3 is 6.18 Å². The second-order valence-corrected chi connectivity index (χ2v) is 8.10. The average molecular weight is 451 g/mol. The maximum absolute atomic E-state index is 12.9. The van der Waals surface area contributed by atoms with Crippen molar-refractivity contribution in [1.82, 2.24) is 10.2 Å². The largest absolute Gasteiger partial charge is 0.389 e. The fourth-order valence-electron chi connectivity index (χ4n) is 3.31. The van der Waals surface area contributed by atoms with Crippen molar-refractivity contribution in [2.45, 2.75) is 34.9 Å². The minimum atomic E-state index is -4.15. The van der Waals surface area contributed by atoms with E-state index in [1.165, 1.54) is 0 Å². The molecule has 0 aliphatic carbocycles. The van der Waals surface area contributed by atoms with Crippen LogP contribution in [0, 0.1) is 0 Å². The summed E-state index contributed by atoms with van der Waals surface area (Å²) in [6.07, 6.45) is -4.85. The maximum atomic E-state index is 12.9. The van der Waals surface area contributed by atoms with E-state index in [-0.39, 0.29) is 24.9 Å². The number of rotatable bonds is 6. The van der Waals surface area contributed by atoms with Crippen molar-refractivity contribution in [3.05, 3.63) is 59.1 Å². The van der Waals surface area contributed by atoms with Gasteiger partial charge in [0.1, 0.15) is 0 Å². The highest BCUT2D eigenvalue weighted by Crippen LogP contribution is 2.39. The minimum absolute atomic E-state index is 0. The van der Waals surface area contributed by atoms with E-state index in [1.54, 1.807) is 11.8 Å². The molecule has 0 aromatic heterocycles. The maximum Gasteiger partial charge on any atom is 0.389 e. The number of halogens is 5. The monoisotopic (exact) mass is 450 g/mol. The first kappa shape index (κ1) is 23.4. The van der Waals surface area contributed by atoms with E-state index >= 15 is 0 Å². The summed E-state index contributed by atoms with van der Waals surface area (Å²) in [6.45, 7) is 3.11. The molecule has 1 heterocycles. The van der Waals surface area contributed by atoms with E-state index in [0.717, 1.165) is 41.5 Å². The zero-order valence-corrected chi connectivity index (χ0v) is 17.6. The van der Waals surface area contributed by atoms with E-state index < -0.39 is 12.6 Å². The Balaban J connectivity index is 0.00000280. The van der Waals surface area contributed by atoms with Crippen LogP contribution in [0.15, 0.2) is 58.3 Å². The van der Waals surface area contributed by atoms with Gasteiger partial charge in [-0.05, 0) is 42.3 Å². The van der Waals surface area contributed by atoms with Crippen molar-refractivity contribution in [2.24, 2.45) is 0 Å². The summed E-state index contributed by atoms with van der Waals surface area (Å²) in [4.78, 5) is 4.18. The fraction of sp³-hybridized carbons (Fsp3) is 0.400. The van der Waals surface area contributed by atoms with Crippen molar-refractivity contribution in [3.63, 3.8) is 0 Å². The molecule has 3 rings (SSSR count). The number of nitrogens with zero attached hydrogens (tertiary/aromatic N) is 1. The highest BCUT2D eigenvalue weighted by Gasteiger charge is 2.32. The predicted molar refractivity (Wildman–Crippen MR) is 112 cm³/mol. The summed E-state index contributed by atoms with van der Waals surface area (Å²) >= 11 is 7.52. The van der Waals surface area contributed by atoms with Gasteiger partial charge in [0, 0.05) is 53.5 Å². The second-order valence-electron chi connectivity index (χ2n) is 6.55. The average Bonchev–Trinajstić information content (AvgIpc) is 2.65. The number of hydrogen-bond acceptors (Lipinski definition) is 3. The topological polar surface area (TPSA) is 15.3 Å². The molecule has 1 fully saturated rings. The van der Waals surface area contributed by atoms with Gasteiger partial charge in [-0.2, -0.15) is 13.2 Å². The van der Waals surface area contributed by atoms with Crippen molar-refractivity contribution < 1.29 is 13.2 Å². The predicted octanol–water partition coefficient (Wildman–Crippen LogP) is 6.20. The molecular formula is C20H23Cl2F3N2S. The lowest BCUT2D eigenvalue weighted by atomic mass is 9.99. The third-order valence-electron chi connectivity index (χ3n) is 4.61. The highest BCUT2D eigenvalue weighted by molar-refractivity contribution is 7.99. The van der Waals surface area contributed by atoms with Crippen LogP contribution >= 0.6 is 35.8 Å². The first-order valence-electron chi connectivity index (χ1n) is 8.96. The zero-order chi connectivity index (χ0) is 19.3. The summed E-state index contributed by atoms with van der Waals surface area (Å²) in [6, 6.07) is 15.0. The molecule has 1 saturated heterocycles. The summed E-state index contributed by atoms with van der Waals surface area (Å²) in [5, 5.41) is 3.93. The van der Waals surface area contributed by atoms with Crippen LogP contribution in [0.2, 0.25) is 5.02 Å². The molecule has 0 radical (unpaired) electrons. The number of hydrogen-bond donors (Lipinski definition) is 1. The summed E-state index contributed by atoms with van der Waals surface area (Å²) in [7, 11) is 0. The smallest absolute Gasteiger partial charge is 0.314 e. The Morgan fingerprint density at radius 2 is 1.68 bits per heavy atom. The van der Waals surface area contributed by atoms with E-state index in [1.807, 2.05) is 48.5 Å². The van der Waals surface area contributed by atoms with Crippen LogP contribution in [-0.4, -0.2) is 37.3 Å². The Labute approximate surface area is 179 Å². The van der Waals surface area contributed by atoms with Crippen molar-refractivity contribution in [3.8, 4) is 0 Å². The molecule has 2 aromatic rings. The van der Waals surface area contributed by atoms with Crippen LogP contribution in [0.5, 0.6) is 0 Å². The lowest BCUT2D eigenvalue weighted by Crippen LogP contribution is -2.45. The molecule has 2 nitrogen and oxygen atoms in total. The van der Waals surface area contributed by atoms with E-state index in [0.29, 0.717) is 5.02 Å². The molecule has 0 spiro atoms. The van der Waals surface area contributed by atoms with Crippen molar-refractivity contribution in [1.29, 1.82) is 0 Å². The van der Waals surface area contributed by atoms with Crippen LogP contribution in [-0.2, 0) is 0 Å². The first-order chi connectivity index (χ1) is 12.9. The van der Waals surface area contributed by atoms with Crippen LogP contribution in [0.1, 0.15) is 24.4 Å². The molecule has 0 bridgehead atoms. The second kappa shape index (κ2) is 10.7. The Morgan fingerprint density at radius 3 is 2.32 bits per heavy atom. The normalized spacial score (nSPS) is 16.4. The molecule has 28 heavy (non-hydrogen) atoms. The summed E-state index contributed by atoms with van der Waals surface area (Å²) in [5.41, 5.74) is 0.962. The molecule has 1 N–H and O–H groups in total. The third kappa shape index (κ3) is 6.85. The van der Waals surface area contributed by atoms with Gasteiger partial charge in [-0.1, -0.05) is 41.6 Å². The number of benzene rings is 2. The van der Waals surface area contributed by atoms with Gasteiger partial charge in [-0.25, -0.2) is 0 Å². The molecule has 1 atom stereocenters. The molecular weight excluding hydrogens is 428 g/mol. The molecule has 2 aromatic carbocycles. The van der Waals surface area contributed by atoms with E-state index in [4.69, 9.17) is 11.6 Å². The molecule has 8 heteroatoms. The molecule has 1 aliphatic heterocycles. The molecule has 1 aliphatic rings. The van der Waals surface area contributed by atoms with Gasteiger partial charge in [-0.3, -0.25) is 4.90 Å². The van der Waals surface area contributed by atoms with Gasteiger partial charge in [0.25, 0.3) is 0 Å². The van der Waals surface area contributed by atoms with Crippen LogP contribution in [0.25, 0.3) is 0 Å². The summed E-state index contributed by atoms with van der Waals surface area (Å²) in [5.74, 6) is 0. The van der Waals surface area contributed by atoms with Crippen LogP contribution < -0.4 is 5.32 Å². The van der Waals surface area contributed by atoms with Crippen LogP contribution in [0.4, 0.5) is 13.2 Å². The van der Waals surface area contributed by atoms with Crippen molar-refractivity contribution in [2.75, 3.05) is 26.2 Å². The molecule has 0 amide bonds. The van der Waals surface area contributed by atoms with Gasteiger partial charge in [0.2, 0.25) is 0 Å². The lowest BCUT2D eigenvalue weighted by molar-refractivity contribution is -0.138. The minimum Gasteiger partial charge on any atom is -0.314 e. The zero-order valence-electron chi connectivity index (χ0n) is 15.2. The molecule has 154 valence electrons. The number of alkyl halides is 3. The standard InChI is InChI=1S/C20H22ClF3N2S.ClH/c21-15-5-7-16(8-6-15)27-19-4-2-1-3-17(19)18(9-10-20(22,23)24)26-13-11-25-12-14-26;/h1-8,18,25H,9-14H2;1H/t18-;/m1./s1. The quantitative estimate of drug-likeness (QED) is 0.563. The summed E-state index contributed by atoms with van der Waals surface area (Å²) < 4.78 is 38.8. The number of piperazine rings is 1. The lowest BCUT2D eigenvalue weighted by Gasteiger charge is -2.36. The van der Waals surface area contributed by atoms with Gasteiger partial charge in [-0.15, -0.1) is 12.4 Å². The Bertz CT molecular complexity index is 735. The SMILES string of the molecule is Cl.FC(F)(F)CC[C@H](c1ccccc1Sc1ccc(Cl)cc1)N1CCNCC1. The highest BCUT2D eigenvalue weighted by atomic mass is 35.5.